The van der Waals surface area contributed by atoms with Gasteiger partial charge < -0.3 is 14.6 Å². The van der Waals surface area contributed by atoms with Crippen molar-refractivity contribution in [3.63, 3.8) is 0 Å². The first-order valence-corrected chi connectivity index (χ1v) is 13.7. The molecule has 0 unspecified atom stereocenters. The highest BCUT2D eigenvalue weighted by molar-refractivity contribution is 7.89. The lowest BCUT2D eigenvalue weighted by molar-refractivity contribution is -0.137. The number of nitrogens with zero attached hydrogens (tertiary/aromatic N) is 1. The fourth-order valence-electron chi connectivity index (χ4n) is 4.31. The van der Waals surface area contributed by atoms with Gasteiger partial charge in [-0.2, -0.15) is 4.31 Å². The van der Waals surface area contributed by atoms with Crippen LogP contribution in [0.2, 0.25) is 10.0 Å². The first kappa shape index (κ1) is 27.3. The van der Waals surface area contributed by atoms with E-state index in [1.807, 2.05) is 13.8 Å². The Balaban J connectivity index is 1.72. The van der Waals surface area contributed by atoms with Crippen LogP contribution in [0.1, 0.15) is 31.4 Å². The average Bonchev–Trinajstić information content (AvgIpc) is 2.81. The number of aryl methyl sites for hydroxylation is 1. The lowest BCUT2D eigenvalue weighted by Gasteiger charge is -2.33. The maximum absolute atomic E-state index is 13.7. The number of methoxy groups -OCH3 is 1. The largest absolute Gasteiger partial charge is 0.496 e. The summed E-state index contributed by atoms with van der Waals surface area (Å²) in [4.78, 5) is 11.7. The van der Waals surface area contributed by atoms with E-state index in [0.717, 1.165) is 27.4 Å². The molecule has 0 fully saturated rings. The zero-order valence-electron chi connectivity index (χ0n) is 20.6. The molecule has 3 aromatic carbocycles. The van der Waals surface area contributed by atoms with E-state index in [0.29, 0.717) is 33.5 Å². The zero-order valence-corrected chi connectivity index (χ0v) is 23.0. The fourth-order valence-corrected chi connectivity index (χ4v) is 6.26. The highest BCUT2D eigenvalue weighted by atomic mass is 35.5. The summed E-state index contributed by atoms with van der Waals surface area (Å²) < 4.78 is 39.7. The average molecular weight is 564 g/mol. The molecule has 1 aliphatic heterocycles. The van der Waals surface area contributed by atoms with Crippen LogP contribution >= 0.6 is 23.2 Å². The molecule has 3 aromatic rings. The van der Waals surface area contributed by atoms with Gasteiger partial charge in [0, 0.05) is 22.2 Å². The van der Waals surface area contributed by atoms with Crippen molar-refractivity contribution in [3.05, 3.63) is 75.8 Å². The number of halogens is 2. The molecule has 0 saturated heterocycles. The number of carboxylic acid groups (broad SMARTS) is 1. The van der Waals surface area contributed by atoms with E-state index in [9.17, 15) is 18.3 Å². The van der Waals surface area contributed by atoms with Crippen LogP contribution in [0, 0.1) is 0 Å². The van der Waals surface area contributed by atoms with Crippen LogP contribution in [0.4, 0.5) is 0 Å². The predicted molar refractivity (Wildman–Crippen MR) is 143 cm³/mol. The summed E-state index contributed by atoms with van der Waals surface area (Å²) in [6.07, 6.45) is 1.39. The maximum atomic E-state index is 13.7. The molecule has 0 spiro atoms. The monoisotopic (exact) mass is 563 g/mol. The Kier molecular flexibility index (Phi) is 7.76. The second-order valence-corrected chi connectivity index (χ2v) is 12.3. The molecule has 196 valence electrons. The molecule has 0 saturated carbocycles. The highest BCUT2D eigenvalue weighted by Gasteiger charge is 2.31. The maximum Gasteiger partial charge on any atom is 0.318 e. The summed E-state index contributed by atoms with van der Waals surface area (Å²) in [5.74, 6) is -0.221. The predicted octanol–water partition coefficient (Wildman–Crippen LogP) is 6.05. The summed E-state index contributed by atoms with van der Waals surface area (Å²) >= 11 is 12.3. The number of fused-ring (bicyclic) bond motifs is 1. The number of sulfonamides is 1. The van der Waals surface area contributed by atoms with Crippen molar-refractivity contribution in [2.75, 3.05) is 13.7 Å². The van der Waals surface area contributed by atoms with Crippen molar-refractivity contribution in [3.8, 4) is 22.6 Å². The third kappa shape index (κ3) is 6.21. The van der Waals surface area contributed by atoms with Gasteiger partial charge in [-0.25, -0.2) is 8.42 Å². The van der Waals surface area contributed by atoms with E-state index in [-0.39, 0.29) is 17.0 Å². The van der Waals surface area contributed by atoms with E-state index < -0.39 is 22.5 Å². The minimum absolute atomic E-state index is 0.00699. The molecule has 0 bridgehead atoms. The summed E-state index contributed by atoms with van der Waals surface area (Å²) in [6, 6.07) is 15.0. The Morgan fingerprint density at radius 2 is 1.76 bits per heavy atom. The van der Waals surface area contributed by atoms with Gasteiger partial charge in [-0.15, -0.1) is 0 Å². The molecule has 37 heavy (non-hydrogen) atoms. The number of hydrogen-bond donors (Lipinski definition) is 1. The molecular weight excluding hydrogens is 537 g/mol. The van der Waals surface area contributed by atoms with Crippen LogP contribution < -0.4 is 9.47 Å². The van der Waals surface area contributed by atoms with Gasteiger partial charge in [0.1, 0.15) is 23.6 Å². The first-order valence-electron chi connectivity index (χ1n) is 11.6. The molecule has 0 aliphatic carbocycles. The summed E-state index contributed by atoms with van der Waals surface area (Å²) in [6.45, 7) is 3.02. The van der Waals surface area contributed by atoms with Crippen LogP contribution in [-0.4, -0.2) is 43.1 Å². The van der Waals surface area contributed by atoms with E-state index in [1.165, 1.54) is 13.2 Å². The third-order valence-electron chi connectivity index (χ3n) is 6.19. The molecule has 1 heterocycles. The Labute approximate surface area is 226 Å². The SMILES string of the molecule is COc1ccc(-c2cc(Cl)cc(Cl)c2)cc1CN(CC(=O)O)S(=O)(=O)c1ccc2c(c1)CCC(C)(C)O2. The van der Waals surface area contributed by atoms with E-state index in [1.54, 1.807) is 48.5 Å². The Morgan fingerprint density at radius 3 is 2.41 bits per heavy atom. The molecule has 0 radical (unpaired) electrons. The van der Waals surface area contributed by atoms with E-state index in [2.05, 4.69) is 0 Å². The van der Waals surface area contributed by atoms with Crippen molar-refractivity contribution >= 4 is 39.2 Å². The molecule has 10 heteroatoms. The molecule has 4 rings (SSSR count). The molecule has 1 aliphatic rings. The van der Waals surface area contributed by atoms with E-state index >= 15 is 0 Å². The number of aliphatic carboxylic acids is 1. The summed E-state index contributed by atoms with van der Waals surface area (Å²) in [5.41, 5.74) is 2.38. The number of carboxylic acids is 1. The summed E-state index contributed by atoms with van der Waals surface area (Å²) in [7, 11) is -2.71. The molecule has 0 aromatic heterocycles. The van der Waals surface area contributed by atoms with E-state index in [4.69, 9.17) is 32.7 Å². The normalized spacial score (nSPS) is 14.6. The van der Waals surface area contributed by atoms with Gasteiger partial charge in [0.25, 0.3) is 0 Å². The van der Waals surface area contributed by atoms with Crippen molar-refractivity contribution < 1.29 is 27.8 Å². The van der Waals surface area contributed by atoms with Gasteiger partial charge in [-0.05, 0) is 91.9 Å². The number of rotatable bonds is 8. The summed E-state index contributed by atoms with van der Waals surface area (Å²) in [5, 5.41) is 10.5. The zero-order chi connectivity index (χ0) is 27.0. The Hall–Kier alpha value is -2.78. The third-order valence-corrected chi connectivity index (χ3v) is 8.41. The number of carbonyl (C=O) groups is 1. The second-order valence-electron chi connectivity index (χ2n) is 9.48. The van der Waals surface area contributed by atoms with Gasteiger partial charge in [-0.1, -0.05) is 29.3 Å². The van der Waals surface area contributed by atoms with Crippen LogP contribution in [0.15, 0.2) is 59.5 Å². The number of hydrogen-bond acceptors (Lipinski definition) is 5. The van der Waals surface area contributed by atoms with Crippen molar-refractivity contribution in [2.45, 2.75) is 43.7 Å². The molecular formula is C27H27Cl2NO6S. The minimum atomic E-state index is -4.17. The van der Waals surface area contributed by atoms with Crippen LogP contribution in [0.25, 0.3) is 11.1 Å². The van der Waals surface area contributed by atoms with Crippen molar-refractivity contribution in [1.29, 1.82) is 0 Å². The Morgan fingerprint density at radius 1 is 1.05 bits per heavy atom. The van der Waals surface area contributed by atoms with Gasteiger partial charge in [0.15, 0.2) is 0 Å². The van der Waals surface area contributed by atoms with Gasteiger partial charge in [0.2, 0.25) is 10.0 Å². The topological polar surface area (TPSA) is 93.1 Å². The number of ether oxygens (including phenoxy) is 2. The highest BCUT2D eigenvalue weighted by Crippen LogP contribution is 2.36. The quantitative estimate of drug-likeness (QED) is 0.358. The second kappa shape index (κ2) is 10.5. The van der Waals surface area contributed by atoms with Crippen LogP contribution in [-0.2, 0) is 27.8 Å². The molecule has 1 N–H and O–H groups in total. The molecule has 7 nitrogen and oxygen atoms in total. The Bertz CT molecular complexity index is 1430. The van der Waals surface area contributed by atoms with Crippen LogP contribution in [0.5, 0.6) is 11.5 Å². The molecule has 0 atom stereocenters. The minimum Gasteiger partial charge on any atom is -0.496 e. The van der Waals surface area contributed by atoms with Crippen molar-refractivity contribution in [2.24, 2.45) is 0 Å². The van der Waals surface area contributed by atoms with Gasteiger partial charge in [-0.3, -0.25) is 4.79 Å². The smallest absolute Gasteiger partial charge is 0.318 e. The standard InChI is InChI=1S/C27H27Cl2NO6S/c1-27(2)9-8-18-13-23(5-7-25(18)36-27)37(33,34)30(16-26(31)32)15-20-10-17(4-6-24(20)35-3)19-11-21(28)14-22(29)12-19/h4-7,10-14H,8-9,15-16H2,1-3H3,(H,31,32). The number of benzene rings is 3. The first-order chi connectivity index (χ1) is 17.4. The fraction of sp³-hybridized carbons (Fsp3) is 0.296. The molecule has 0 amide bonds. The van der Waals surface area contributed by atoms with Gasteiger partial charge in [0.05, 0.1) is 12.0 Å². The van der Waals surface area contributed by atoms with Crippen molar-refractivity contribution in [1.82, 2.24) is 4.31 Å². The van der Waals surface area contributed by atoms with Crippen LogP contribution in [0.3, 0.4) is 0 Å². The van der Waals surface area contributed by atoms with Gasteiger partial charge >= 0.3 is 5.97 Å². The lowest BCUT2D eigenvalue weighted by atomic mass is 9.94. The lowest BCUT2D eigenvalue weighted by Crippen LogP contribution is -2.36.